The van der Waals surface area contributed by atoms with Crippen LogP contribution >= 0.6 is 17.2 Å². The van der Waals surface area contributed by atoms with Gasteiger partial charge in [0, 0.05) is 18.2 Å². The SMILES string of the molecule is C/C=C(\CC)C1OCCCO1.C=CC.COP(Oc1ccccc1C1OCCCO1)Oc1c(C)cc(C)c(C)c1-c1c(C)c(C)cc(C)c1OP(Oc1ccccc1C1OCCCO1)Oc1ccccc1C1OCCCO1. The lowest BCUT2D eigenvalue weighted by Gasteiger charge is -2.29. The molecule has 1 unspecified atom stereocenters. The number of para-hydroxylation sites is 3. The molecule has 4 saturated heterocycles. The summed E-state index contributed by atoms with van der Waals surface area (Å²) >= 11 is 0. The third-order valence-corrected chi connectivity index (χ3v) is 15.1. The summed E-state index contributed by atoms with van der Waals surface area (Å²) < 4.78 is 87.3. The molecule has 0 aliphatic carbocycles. The Morgan fingerprint density at radius 1 is 0.494 bits per heavy atom. The number of benzene rings is 5. The number of allylic oxidation sites excluding steroid dienone is 2. The van der Waals surface area contributed by atoms with Crippen LogP contribution in [0, 0.1) is 41.5 Å². The third-order valence-electron chi connectivity index (χ3n) is 13.1. The maximum absolute atomic E-state index is 7.18. The number of hydrogen-bond acceptors (Lipinski definition) is 14. The predicted octanol–water partition coefficient (Wildman–Crippen LogP) is 15.9. The molecule has 1 atom stereocenters. The van der Waals surface area contributed by atoms with Crippen molar-refractivity contribution in [2.24, 2.45) is 0 Å². The van der Waals surface area contributed by atoms with Crippen molar-refractivity contribution in [3.8, 4) is 39.9 Å². The zero-order valence-electron chi connectivity index (χ0n) is 46.6. The minimum absolute atomic E-state index is 0.0567. The van der Waals surface area contributed by atoms with E-state index in [1.807, 2.05) is 100 Å². The highest BCUT2D eigenvalue weighted by molar-refractivity contribution is 7.43. The van der Waals surface area contributed by atoms with Gasteiger partial charge in [0.1, 0.15) is 28.7 Å². The second-order valence-electron chi connectivity index (χ2n) is 18.7. The normalized spacial score (nSPS) is 17.3. The van der Waals surface area contributed by atoms with E-state index in [0.717, 1.165) is 107 Å². The molecule has 0 bridgehead atoms. The van der Waals surface area contributed by atoms with Crippen molar-refractivity contribution in [2.75, 3.05) is 60.0 Å². The Labute approximate surface area is 459 Å². The topological polar surface area (TPSA) is 129 Å². The molecule has 0 N–H and O–H groups in total. The second kappa shape index (κ2) is 30.4. The van der Waals surface area contributed by atoms with Gasteiger partial charge in [0.2, 0.25) is 0 Å². The number of rotatable bonds is 17. The zero-order chi connectivity index (χ0) is 54.7. The van der Waals surface area contributed by atoms with E-state index in [1.165, 1.54) is 5.57 Å². The van der Waals surface area contributed by atoms with Gasteiger partial charge in [-0.15, -0.1) is 6.58 Å². The lowest BCUT2D eigenvalue weighted by molar-refractivity contribution is -0.183. The van der Waals surface area contributed by atoms with Crippen molar-refractivity contribution in [1.29, 1.82) is 0 Å². The molecule has 416 valence electrons. The standard InChI is InChI=1S/C49H56O12P2.C9H16O2.C3H6/c1-31-29-33(3)45(60-62(50-7)57-40-20-11-8-17-37(40)47-51-23-14-24-52-47)43(35(31)5)44-36(6)32(2)30-34(4)46(44)61-63(58-41-21-12-9-18-38(41)48-53-25-15-26-54-48)59-42-22-13-10-19-39(42)49-55-27-16-28-56-49;1-3-8(4-2)9-10-6-5-7-11-9;1-3-2/h8-13,17-22,29-30,47-49H,14-16,23-28H2,1-7H3;3,9H,4-7H2,1-2H3;3H,1H2,2H3/b;8-3+;. The van der Waals surface area contributed by atoms with Gasteiger partial charge >= 0.3 is 17.2 Å². The van der Waals surface area contributed by atoms with Crippen LogP contribution in [0.1, 0.15) is 122 Å². The zero-order valence-corrected chi connectivity index (χ0v) is 48.3. The summed E-state index contributed by atoms with van der Waals surface area (Å²) in [5.41, 5.74) is 11.1. The molecule has 0 amide bonds. The van der Waals surface area contributed by atoms with E-state index in [9.17, 15) is 0 Å². The van der Waals surface area contributed by atoms with Crippen LogP contribution in [-0.4, -0.2) is 66.3 Å². The summed E-state index contributed by atoms with van der Waals surface area (Å²) in [5, 5.41) is 0. The summed E-state index contributed by atoms with van der Waals surface area (Å²) in [4.78, 5) is 0. The first-order valence-corrected chi connectivity index (χ1v) is 28.9. The highest BCUT2D eigenvalue weighted by atomic mass is 31.2. The molecular weight excluding hydrogens is 1020 g/mol. The average Bonchev–Trinajstić information content (AvgIpc) is 3.47. The highest BCUT2D eigenvalue weighted by Gasteiger charge is 2.33. The summed E-state index contributed by atoms with van der Waals surface area (Å²) in [6.45, 7) is 27.0. The van der Waals surface area contributed by atoms with Crippen LogP contribution in [-0.2, 0) is 42.4 Å². The Kier molecular flexibility index (Phi) is 23.6. The lowest BCUT2D eigenvalue weighted by atomic mass is 9.87. The molecule has 5 aromatic rings. The van der Waals surface area contributed by atoms with E-state index in [1.54, 1.807) is 13.2 Å². The van der Waals surface area contributed by atoms with Gasteiger partial charge in [-0.3, -0.25) is 4.52 Å². The van der Waals surface area contributed by atoms with Gasteiger partial charge < -0.3 is 60.5 Å². The molecule has 0 radical (unpaired) electrons. The molecule has 9 rings (SSSR count). The number of ether oxygens (including phenoxy) is 8. The Balaban J connectivity index is 0.000000539. The van der Waals surface area contributed by atoms with E-state index < -0.39 is 36.1 Å². The Hall–Kier alpha value is -4.92. The van der Waals surface area contributed by atoms with Crippen molar-refractivity contribution < 1.29 is 65.0 Å². The van der Waals surface area contributed by atoms with Gasteiger partial charge in [0.05, 0.1) is 69.5 Å². The van der Waals surface area contributed by atoms with E-state index in [-0.39, 0.29) is 6.29 Å². The molecule has 0 saturated carbocycles. The van der Waals surface area contributed by atoms with Gasteiger partial charge in [-0.05, 0) is 145 Å². The first kappa shape index (κ1) is 59.7. The summed E-state index contributed by atoms with van der Waals surface area (Å²) in [5.74, 6) is 2.76. The van der Waals surface area contributed by atoms with Gasteiger partial charge in [0.25, 0.3) is 0 Å². The van der Waals surface area contributed by atoms with E-state index in [0.29, 0.717) is 68.4 Å². The number of aryl methyl sites for hydroxylation is 4. The Morgan fingerprint density at radius 3 is 1.16 bits per heavy atom. The van der Waals surface area contributed by atoms with E-state index in [2.05, 4.69) is 59.4 Å². The fourth-order valence-corrected chi connectivity index (χ4v) is 11.0. The van der Waals surface area contributed by atoms with Crippen LogP contribution < -0.4 is 22.6 Å². The molecule has 4 heterocycles. The predicted molar refractivity (Wildman–Crippen MR) is 302 cm³/mol. The molecule has 4 aliphatic rings. The average molecular weight is 1100 g/mol. The molecule has 4 aliphatic heterocycles. The van der Waals surface area contributed by atoms with Crippen LogP contribution in [0.25, 0.3) is 11.1 Å². The maximum Gasteiger partial charge on any atom is 0.530 e. The second-order valence-corrected chi connectivity index (χ2v) is 20.9. The fraction of sp³-hybridized carbons (Fsp3) is 0.443. The monoisotopic (exact) mass is 1100 g/mol. The smallest absolute Gasteiger partial charge is 0.417 e. The summed E-state index contributed by atoms with van der Waals surface area (Å²) in [6, 6.07) is 27.2. The van der Waals surface area contributed by atoms with Crippen LogP contribution in [0.4, 0.5) is 0 Å². The third kappa shape index (κ3) is 15.9. The van der Waals surface area contributed by atoms with Crippen molar-refractivity contribution in [3.05, 3.63) is 159 Å². The quantitative estimate of drug-likeness (QED) is 0.0647. The number of hydrogen-bond donors (Lipinski definition) is 0. The van der Waals surface area contributed by atoms with Crippen molar-refractivity contribution in [1.82, 2.24) is 0 Å². The van der Waals surface area contributed by atoms with Crippen LogP contribution in [0.15, 0.2) is 109 Å². The van der Waals surface area contributed by atoms with Crippen molar-refractivity contribution >= 4 is 17.2 Å². The molecule has 0 aromatic heterocycles. The largest absolute Gasteiger partial charge is 0.530 e. The first-order valence-electron chi connectivity index (χ1n) is 26.7. The molecule has 5 aromatic carbocycles. The van der Waals surface area contributed by atoms with E-state index in [4.69, 9.17) is 65.0 Å². The van der Waals surface area contributed by atoms with Crippen molar-refractivity contribution in [2.45, 2.75) is 120 Å². The molecule has 0 spiro atoms. The maximum atomic E-state index is 7.18. The van der Waals surface area contributed by atoms with Crippen LogP contribution in [0.2, 0.25) is 0 Å². The fourth-order valence-electron chi connectivity index (χ4n) is 8.99. The summed E-state index contributed by atoms with van der Waals surface area (Å²) in [6.07, 6.45) is 6.52. The Morgan fingerprint density at radius 2 is 0.818 bits per heavy atom. The molecular formula is C61H78O14P2. The van der Waals surface area contributed by atoms with Crippen LogP contribution in [0.3, 0.4) is 0 Å². The van der Waals surface area contributed by atoms with Crippen molar-refractivity contribution in [3.63, 3.8) is 0 Å². The molecule has 4 fully saturated rings. The minimum Gasteiger partial charge on any atom is -0.417 e. The molecule has 16 heteroatoms. The van der Waals surface area contributed by atoms with Gasteiger partial charge in [-0.1, -0.05) is 85.8 Å². The first-order chi connectivity index (χ1) is 37.5. The highest BCUT2D eigenvalue weighted by Crippen LogP contribution is 2.55. The van der Waals surface area contributed by atoms with Crippen LogP contribution in [0.5, 0.6) is 28.7 Å². The van der Waals surface area contributed by atoms with Gasteiger partial charge in [-0.25, -0.2) is 0 Å². The lowest BCUT2D eigenvalue weighted by Crippen LogP contribution is -2.26. The van der Waals surface area contributed by atoms with Gasteiger partial charge in [-0.2, -0.15) is 0 Å². The van der Waals surface area contributed by atoms with Gasteiger partial charge in [0.15, 0.2) is 25.2 Å². The Bertz CT molecular complexity index is 2630. The molecule has 14 nitrogen and oxygen atoms in total. The summed E-state index contributed by atoms with van der Waals surface area (Å²) in [7, 11) is -2.63. The van der Waals surface area contributed by atoms with E-state index >= 15 is 0 Å². The minimum atomic E-state index is -2.24. The molecule has 77 heavy (non-hydrogen) atoms.